The number of aromatic nitrogens is 1. The molecule has 1 saturated carbocycles. The first-order chi connectivity index (χ1) is 17.4. The zero-order valence-electron chi connectivity index (χ0n) is 20.4. The Morgan fingerprint density at radius 2 is 1.86 bits per heavy atom. The van der Waals surface area contributed by atoms with E-state index in [1.807, 2.05) is 18.2 Å². The van der Waals surface area contributed by atoms with E-state index in [2.05, 4.69) is 32.9 Å². The van der Waals surface area contributed by atoms with Gasteiger partial charge in [-0.25, -0.2) is 4.98 Å². The van der Waals surface area contributed by atoms with E-state index in [9.17, 15) is 9.59 Å². The van der Waals surface area contributed by atoms with Gasteiger partial charge in [-0.15, -0.1) is 11.3 Å². The zero-order chi connectivity index (χ0) is 26.0. The molecule has 1 aliphatic carbocycles. The summed E-state index contributed by atoms with van der Waals surface area (Å²) >= 11 is 1.64. The highest BCUT2D eigenvalue weighted by molar-refractivity contribution is 7.14. The molecule has 2 aromatic rings. The summed E-state index contributed by atoms with van der Waals surface area (Å²) in [6.07, 6.45) is 3.96. The third-order valence-electron chi connectivity index (χ3n) is 6.53. The normalized spacial score (nSPS) is 17.2. The highest BCUT2D eigenvalue weighted by atomic mass is 32.1. The molecule has 2 heterocycles. The van der Waals surface area contributed by atoms with Gasteiger partial charge in [0, 0.05) is 42.7 Å². The van der Waals surface area contributed by atoms with E-state index < -0.39 is 5.54 Å². The van der Waals surface area contributed by atoms with Crippen molar-refractivity contribution in [3.05, 3.63) is 35.2 Å². The van der Waals surface area contributed by atoms with Crippen LogP contribution in [0.5, 0.6) is 0 Å². The van der Waals surface area contributed by atoms with Crippen LogP contribution in [0.2, 0.25) is 0 Å². The number of nitrogens with one attached hydrogen (secondary N) is 2. The second kappa shape index (κ2) is 13.0. The number of nitriles is 1. The van der Waals surface area contributed by atoms with E-state index in [1.54, 1.807) is 23.5 Å². The number of piperazine rings is 1. The van der Waals surface area contributed by atoms with Crippen molar-refractivity contribution in [2.45, 2.75) is 37.6 Å². The minimum Gasteiger partial charge on any atom is -0.483 e. The van der Waals surface area contributed by atoms with Crippen LogP contribution >= 0.6 is 11.3 Å². The van der Waals surface area contributed by atoms with E-state index >= 15 is 0 Å². The van der Waals surface area contributed by atoms with Gasteiger partial charge >= 0.3 is 0 Å². The van der Waals surface area contributed by atoms with Gasteiger partial charge in [-0.3, -0.25) is 14.4 Å². The van der Waals surface area contributed by atoms with Crippen LogP contribution < -0.4 is 15.5 Å². The number of carbonyl (C=O) groups is 3. The molecule has 3 N–H and O–H groups in total. The Labute approximate surface area is 214 Å². The molecule has 2 aliphatic rings. The smallest absolute Gasteiger partial charge is 0.290 e. The summed E-state index contributed by atoms with van der Waals surface area (Å²) < 4.78 is 0. The van der Waals surface area contributed by atoms with Crippen molar-refractivity contribution in [2.24, 2.45) is 0 Å². The van der Waals surface area contributed by atoms with Gasteiger partial charge in [0.15, 0.2) is 5.13 Å². The van der Waals surface area contributed by atoms with Gasteiger partial charge < -0.3 is 25.5 Å². The maximum atomic E-state index is 13.0. The number of hydrogen-bond acceptors (Lipinski definition) is 8. The third-order valence-corrected chi connectivity index (χ3v) is 7.43. The molecule has 1 aromatic carbocycles. The summed E-state index contributed by atoms with van der Waals surface area (Å²) in [5.74, 6) is -0.542. The SMILES string of the molecule is CN1CCN(c2nc(-c3ccc([14C](=O)NC4(C(=O)NCC#N)CCCCC4)cc3)cs2)CC1.O=CO. The highest BCUT2D eigenvalue weighted by Gasteiger charge is 2.40. The second-order valence-corrected chi connectivity index (χ2v) is 9.76. The summed E-state index contributed by atoms with van der Waals surface area (Å²) in [6.45, 7) is 3.72. The number of amides is 2. The van der Waals surface area contributed by atoms with Crippen molar-refractivity contribution in [1.29, 1.82) is 5.26 Å². The number of thiazole rings is 1. The van der Waals surface area contributed by atoms with Gasteiger partial charge in [-0.2, -0.15) is 5.26 Å². The summed E-state index contributed by atoms with van der Waals surface area (Å²) in [5, 5.41) is 24.4. The summed E-state index contributed by atoms with van der Waals surface area (Å²) in [5.41, 5.74) is 1.42. The van der Waals surface area contributed by atoms with Crippen LogP contribution in [-0.4, -0.2) is 78.6 Å². The number of hydrogen-bond donors (Lipinski definition) is 3. The number of nitrogens with zero attached hydrogens (tertiary/aromatic N) is 4. The monoisotopic (exact) mass is 514 g/mol. The molecule has 2 fully saturated rings. The lowest BCUT2D eigenvalue weighted by molar-refractivity contribution is -0.128. The molecule has 0 bridgehead atoms. The zero-order valence-corrected chi connectivity index (χ0v) is 21.2. The van der Waals surface area contributed by atoms with E-state index in [0.29, 0.717) is 18.4 Å². The number of carboxylic acid groups (broad SMARTS) is 1. The number of benzene rings is 1. The second-order valence-electron chi connectivity index (χ2n) is 8.93. The summed E-state index contributed by atoms with van der Waals surface area (Å²) in [6, 6.07) is 9.30. The Bertz CT molecular complexity index is 1070. The number of rotatable bonds is 6. The lowest BCUT2D eigenvalue weighted by Gasteiger charge is -2.36. The van der Waals surface area contributed by atoms with Crippen molar-refractivity contribution in [3.63, 3.8) is 0 Å². The summed E-state index contributed by atoms with van der Waals surface area (Å²) in [4.78, 5) is 43.5. The molecular formula is C25H32N6O4S. The van der Waals surface area contributed by atoms with Crippen molar-refractivity contribution < 1.29 is 19.5 Å². The fraction of sp³-hybridized carbons (Fsp3) is 0.480. The van der Waals surface area contributed by atoms with Crippen LogP contribution in [0.25, 0.3) is 11.3 Å². The van der Waals surface area contributed by atoms with Crippen LogP contribution in [0.1, 0.15) is 42.5 Å². The van der Waals surface area contributed by atoms with Crippen molar-refractivity contribution in [3.8, 4) is 17.3 Å². The van der Waals surface area contributed by atoms with Gasteiger partial charge in [0.05, 0.1) is 11.8 Å². The third kappa shape index (κ3) is 6.80. The molecular weight excluding hydrogens is 482 g/mol. The van der Waals surface area contributed by atoms with Crippen LogP contribution in [0.4, 0.5) is 5.13 Å². The van der Waals surface area contributed by atoms with Crippen LogP contribution in [0.15, 0.2) is 29.6 Å². The van der Waals surface area contributed by atoms with Gasteiger partial charge in [-0.05, 0) is 32.0 Å². The van der Waals surface area contributed by atoms with Gasteiger partial charge in [-0.1, -0.05) is 31.4 Å². The molecule has 0 radical (unpaired) electrons. The maximum Gasteiger partial charge on any atom is 0.290 e. The fourth-order valence-electron chi connectivity index (χ4n) is 4.47. The van der Waals surface area contributed by atoms with Crippen molar-refractivity contribution >= 4 is 34.8 Å². The lowest BCUT2D eigenvalue weighted by atomic mass is 9.81. The molecule has 4 rings (SSSR count). The topological polar surface area (TPSA) is 139 Å². The molecule has 10 nitrogen and oxygen atoms in total. The molecule has 2 amide bonds. The molecule has 192 valence electrons. The van der Waals surface area contributed by atoms with E-state index in [0.717, 1.165) is 61.8 Å². The first kappa shape index (κ1) is 27.1. The van der Waals surface area contributed by atoms with Crippen molar-refractivity contribution in [1.82, 2.24) is 20.5 Å². The molecule has 36 heavy (non-hydrogen) atoms. The summed E-state index contributed by atoms with van der Waals surface area (Å²) in [7, 11) is 2.14. The van der Waals surface area contributed by atoms with E-state index in [1.165, 1.54) is 0 Å². The van der Waals surface area contributed by atoms with Gasteiger partial charge in [0.25, 0.3) is 12.4 Å². The Morgan fingerprint density at radius 1 is 1.22 bits per heavy atom. The Morgan fingerprint density at radius 3 is 2.47 bits per heavy atom. The Kier molecular flexibility index (Phi) is 9.78. The molecule has 1 aromatic heterocycles. The minimum absolute atomic E-state index is 0.0606. The molecule has 0 unspecified atom stereocenters. The fourth-order valence-corrected chi connectivity index (χ4v) is 5.36. The standard InChI is InChI=1S/C24H30N6O2S.CH2O2/c1-29-13-15-30(16-14-29)23-27-20(17-33-23)18-5-7-19(8-6-18)21(31)28-24(9-3-2-4-10-24)22(32)26-12-11-25;2-1-3/h5-8,17H,2-4,9-10,12-16H2,1H3,(H,26,32)(H,28,31);1H,(H,2,3)/i21+2;. The average Bonchev–Trinajstić information content (AvgIpc) is 3.39. The Balaban J connectivity index is 0.00000115. The minimum atomic E-state index is -0.947. The van der Waals surface area contributed by atoms with Crippen LogP contribution in [-0.2, 0) is 9.59 Å². The van der Waals surface area contributed by atoms with Crippen LogP contribution in [0, 0.1) is 11.3 Å². The molecule has 1 aliphatic heterocycles. The largest absolute Gasteiger partial charge is 0.483 e. The van der Waals surface area contributed by atoms with E-state index in [4.69, 9.17) is 20.1 Å². The predicted molar refractivity (Wildman–Crippen MR) is 138 cm³/mol. The first-order valence-electron chi connectivity index (χ1n) is 12.0. The average molecular weight is 515 g/mol. The predicted octanol–water partition coefficient (Wildman–Crippen LogP) is 2.34. The number of likely N-dealkylation sites (N-methyl/N-ethyl adjacent to an activating group) is 1. The molecule has 0 spiro atoms. The maximum absolute atomic E-state index is 13.0. The quantitative estimate of drug-likeness (QED) is 0.394. The Hall–Kier alpha value is -3.49. The van der Waals surface area contributed by atoms with Gasteiger partial charge in [0.1, 0.15) is 12.1 Å². The number of carbonyl (C=O) groups excluding carboxylic acids is 2. The molecule has 11 heteroatoms. The number of anilines is 1. The lowest BCUT2D eigenvalue weighted by Crippen LogP contribution is -2.59. The molecule has 0 atom stereocenters. The van der Waals surface area contributed by atoms with Crippen LogP contribution in [0.3, 0.4) is 0 Å². The molecule has 1 saturated heterocycles. The first-order valence-corrected chi connectivity index (χ1v) is 12.9. The van der Waals surface area contributed by atoms with Crippen molar-refractivity contribution in [2.75, 3.05) is 44.7 Å². The highest BCUT2D eigenvalue weighted by Crippen LogP contribution is 2.30. The van der Waals surface area contributed by atoms with Gasteiger partial charge in [0.2, 0.25) is 5.91 Å². The van der Waals surface area contributed by atoms with E-state index in [-0.39, 0.29) is 24.8 Å².